The molecule has 4 aromatic rings. The maximum absolute atomic E-state index is 10.1. The third-order valence-corrected chi connectivity index (χ3v) is 7.14. The Bertz CT molecular complexity index is 1440. The molecule has 0 N–H and O–H groups in total. The van der Waals surface area contributed by atoms with E-state index in [1.165, 1.54) is 22.7 Å². The van der Waals surface area contributed by atoms with E-state index in [0.29, 0.717) is 33.0 Å². The fourth-order valence-electron chi connectivity index (χ4n) is 3.79. The number of rotatable bonds is 2. The van der Waals surface area contributed by atoms with Crippen LogP contribution in [-0.4, -0.2) is 0 Å². The van der Waals surface area contributed by atoms with Crippen LogP contribution in [0, 0.1) is 59.2 Å². The fourth-order valence-corrected chi connectivity index (χ4v) is 5.99. The lowest BCUT2D eigenvalue weighted by Crippen LogP contribution is -1.93. The number of hydrogen-bond donors (Lipinski definition) is 0. The first-order valence-corrected chi connectivity index (χ1v) is 10.6. The highest BCUT2D eigenvalue weighted by Gasteiger charge is 2.24. The average molecular weight is 421 g/mol. The molecular formula is C24H12N4S2. The van der Waals surface area contributed by atoms with Crippen molar-refractivity contribution in [2.75, 3.05) is 0 Å². The Labute approximate surface area is 181 Å². The van der Waals surface area contributed by atoms with Gasteiger partial charge in [-0.15, -0.1) is 22.7 Å². The summed E-state index contributed by atoms with van der Waals surface area (Å²) in [7, 11) is 0. The molecule has 30 heavy (non-hydrogen) atoms. The van der Waals surface area contributed by atoms with Gasteiger partial charge in [-0.05, 0) is 38.1 Å². The van der Waals surface area contributed by atoms with Gasteiger partial charge in [-0.25, -0.2) is 0 Å². The summed E-state index contributed by atoms with van der Waals surface area (Å²) in [6.45, 7) is 3.79. The van der Waals surface area contributed by atoms with E-state index >= 15 is 0 Å². The molecule has 140 valence electrons. The molecule has 0 aliphatic heterocycles. The van der Waals surface area contributed by atoms with Crippen LogP contribution < -0.4 is 0 Å². The molecular weight excluding hydrogens is 408 g/mol. The first-order valence-electron chi connectivity index (χ1n) is 8.95. The molecule has 0 saturated carbocycles. The van der Waals surface area contributed by atoms with E-state index < -0.39 is 0 Å². The highest BCUT2D eigenvalue weighted by Crippen LogP contribution is 2.43. The van der Waals surface area contributed by atoms with Gasteiger partial charge in [0.1, 0.15) is 12.1 Å². The monoisotopic (exact) mass is 420 g/mol. The Kier molecular flexibility index (Phi) is 4.83. The summed E-state index contributed by atoms with van der Waals surface area (Å²) in [5, 5.41) is 40.9. The molecule has 4 rings (SSSR count). The number of benzene rings is 2. The summed E-state index contributed by atoms with van der Waals surface area (Å²) in [6.07, 6.45) is 0. The van der Waals surface area contributed by atoms with Crippen LogP contribution in [0.2, 0.25) is 0 Å². The molecule has 4 nitrogen and oxygen atoms in total. The fraction of sp³-hybridized carbons (Fsp3) is 0.0833. The lowest BCUT2D eigenvalue weighted by molar-refractivity contribution is 1.48. The summed E-state index contributed by atoms with van der Waals surface area (Å²) in [6, 6.07) is 19.8. The standard InChI is InChI=1S/C24H12N4S2/c1-13-21(23-15(9-25)5-3-7-19(23)29-13)17(11-27)18(12-28)22-14(2)30-20-8-4-6-16(10-26)24(20)22/h3-8H,1-2H3/b18-17-. The van der Waals surface area contributed by atoms with Crippen molar-refractivity contribution in [2.24, 2.45) is 0 Å². The number of fused-ring (bicyclic) bond motifs is 2. The van der Waals surface area contributed by atoms with Crippen LogP contribution in [0.15, 0.2) is 36.4 Å². The normalized spacial score (nSPS) is 11.4. The first kappa shape index (κ1) is 19.4. The van der Waals surface area contributed by atoms with E-state index in [1.807, 2.05) is 38.1 Å². The number of hydrogen-bond acceptors (Lipinski definition) is 6. The van der Waals surface area contributed by atoms with Crippen molar-refractivity contribution < 1.29 is 0 Å². The Morgan fingerprint density at radius 1 is 0.667 bits per heavy atom. The van der Waals surface area contributed by atoms with Crippen LogP contribution in [0.5, 0.6) is 0 Å². The van der Waals surface area contributed by atoms with Crippen LogP contribution in [0.25, 0.3) is 31.3 Å². The number of nitriles is 4. The van der Waals surface area contributed by atoms with E-state index in [2.05, 4.69) is 24.3 Å². The molecule has 0 saturated heterocycles. The molecule has 2 aromatic heterocycles. The van der Waals surface area contributed by atoms with Crippen molar-refractivity contribution in [2.45, 2.75) is 13.8 Å². The highest BCUT2D eigenvalue weighted by atomic mass is 32.1. The van der Waals surface area contributed by atoms with Gasteiger partial charge >= 0.3 is 0 Å². The van der Waals surface area contributed by atoms with E-state index in [-0.39, 0.29) is 11.1 Å². The lowest BCUT2D eigenvalue weighted by Gasteiger charge is -2.07. The molecule has 0 unspecified atom stereocenters. The Hall–Kier alpha value is -3.94. The second-order valence-electron chi connectivity index (χ2n) is 6.62. The maximum Gasteiger partial charge on any atom is 0.101 e. The zero-order valence-electron chi connectivity index (χ0n) is 16.1. The number of nitrogens with zero attached hydrogens (tertiary/aromatic N) is 4. The Morgan fingerprint density at radius 2 is 1.07 bits per heavy atom. The quantitative estimate of drug-likeness (QED) is 0.349. The van der Waals surface area contributed by atoms with Crippen molar-refractivity contribution in [1.82, 2.24) is 0 Å². The number of aryl methyl sites for hydroxylation is 2. The summed E-state index contributed by atoms with van der Waals surface area (Å²) < 4.78 is 1.80. The third-order valence-electron chi connectivity index (χ3n) is 5.00. The van der Waals surface area contributed by atoms with Gasteiger partial charge in [-0.3, -0.25) is 0 Å². The topological polar surface area (TPSA) is 95.2 Å². The van der Waals surface area contributed by atoms with Crippen LogP contribution in [0.4, 0.5) is 0 Å². The second-order valence-corrected chi connectivity index (χ2v) is 9.13. The van der Waals surface area contributed by atoms with E-state index in [1.54, 1.807) is 12.1 Å². The molecule has 0 radical (unpaired) electrons. The minimum atomic E-state index is 0.236. The van der Waals surface area contributed by atoms with Gasteiger partial charge in [0.25, 0.3) is 0 Å². The van der Waals surface area contributed by atoms with Crippen LogP contribution in [0.3, 0.4) is 0 Å². The first-order chi connectivity index (χ1) is 14.5. The van der Waals surface area contributed by atoms with Crippen LogP contribution in [0.1, 0.15) is 32.0 Å². The summed E-state index contributed by atoms with van der Waals surface area (Å²) in [5.41, 5.74) is 2.67. The number of thiophene rings is 2. The largest absolute Gasteiger partial charge is 0.192 e. The van der Waals surface area contributed by atoms with E-state index in [0.717, 1.165) is 19.2 Å². The van der Waals surface area contributed by atoms with Crippen molar-refractivity contribution in [1.29, 1.82) is 21.0 Å². The van der Waals surface area contributed by atoms with E-state index in [9.17, 15) is 21.0 Å². The molecule has 0 spiro atoms. The summed E-state index contributed by atoms with van der Waals surface area (Å²) in [5.74, 6) is 0. The maximum atomic E-state index is 10.1. The van der Waals surface area contributed by atoms with Gasteiger partial charge < -0.3 is 0 Å². The van der Waals surface area contributed by atoms with Gasteiger partial charge in [-0.2, -0.15) is 21.0 Å². The van der Waals surface area contributed by atoms with Gasteiger partial charge in [0.2, 0.25) is 0 Å². The zero-order valence-corrected chi connectivity index (χ0v) is 17.7. The van der Waals surface area contributed by atoms with Gasteiger partial charge in [0.05, 0.1) is 34.4 Å². The SMILES string of the molecule is Cc1sc2cccc(C#N)c2c1/C(C#N)=C(/C#N)c1c(C)sc2cccc(C#N)c12. The minimum Gasteiger partial charge on any atom is -0.192 e. The molecule has 6 heteroatoms. The van der Waals surface area contributed by atoms with Crippen molar-refractivity contribution >= 4 is 54.0 Å². The minimum absolute atomic E-state index is 0.236. The van der Waals surface area contributed by atoms with Gasteiger partial charge in [0.15, 0.2) is 0 Å². The van der Waals surface area contributed by atoms with Gasteiger partial charge in [0, 0.05) is 41.1 Å². The van der Waals surface area contributed by atoms with Crippen molar-refractivity contribution in [3.8, 4) is 24.3 Å². The molecule has 0 atom stereocenters. The predicted molar refractivity (Wildman–Crippen MR) is 121 cm³/mol. The summed E-state index contributed by atoms with van der Waals surface area (Å²) in [4.78, 5) is 1.74. The second kappa shape index (κ2) is 7.47. The molecule has 2 aromatic carbocycles. The summed E-state index contributed by atoms with van der Waals surface area (Å²) >= 11 is 2.99. The molecule has 0 bridgehead atoms. The smallest absolute Gasteiger partial charge is 0.101 e. The van der Waals surface area contributed by atoms with Gasteiger partial charge in [-0.1, -0.05) is 12.1 Å². The third kappa shape index (κ3) is 2.76. The molecule has 0 amide bonds. The highest BCUT2D eigenvalue weighted by molar-refractivity contribution is 7.19. The Morgan fingerprint density at radius 3 is 1.40 bits per heavy atom. The Balaban J connectivity index is 2.19. The van der Waals surface area contributed by atoms with E-state index in [4.69, 9.17) is 0 Å². The molecule has 2 heterocycles. The molecule has 0 fully saturated rings. The average Bonchev–Trinajstić information content (AvgIpc) is 3.27. The molecule has 0 aliphatic rings. The van der Waals surface area contributed by atoms with Crippen LogP contribution >= 0.6 is 22.7 Å². The molecule has 0 aliphatic carbocycles. The van der Waals surface area contributed by atoms with Crippen LogP contribution in [-0.2, 0) is 0 Å². The predicted octanol–water partition coefficient (Wildman–Crippen LogP) is 6.43. The lowest BCUT2D eigenvalue weighted by atomic mass is 9.91. The van der Waals surface area contributed by atoms with Crippen molar-refractivity contribution in [3.05, 3.63) is 68.4 Å². The zero-order chi connectivity index (χ0) is 21.4. The number of allylic oxidation sites excluding steroid dienone is 2. The van der Waals surface area contributed by atoms with Crippen molar-refractivity contribution in [3.63, 3.8) is 0 Å².